The van der Waals surface area contributed by atoms with E-state index >= 15 is 0 Å². The summed E-state index contributed by atoms with van der Waals surface area (Å²) in [5.41, 5.74) is 1.95. The molecule has 0 aliphatic heterocycles. The SMILES string of the molecule is O[C@@H](C[NH2+]Cc1ccc(Cl)cc1Cl)c1ccccc1. The van der Waals surface area contributed by atoms with E-state index in [4.69, 9.17) is 23.2 Å². The Hall–Kier alpha value is -1.06. The van der Waals surface area contributed by atoms with Gasteiger partial charge in [0.1, 0.15) is 19.2 Å². The summed E-state index contributed by atoms with van der Waals surface area (Å²) in [4.78, 5) is 0. The summed E-state index contributed by atoms with van der Waals surface area (Å²) in [6.45, 7) is 1.32. The van der Waals surface area contributed by atoms with Gasteiger partial charge in [-0.3, -0.25) is 0 Å². The van der Waals surface area contributed by atoms with E-state index in [0.717, 1.165) is 17.7 Å². The summed E-state index contributed by atoms with van der Waals surface area (Å²) >= 11 is 11.9. The number of rotatable bonds is 5. The van der Waals surface area contributed by atoms with E-state index in [1.54, 1.807) is 6.07 Å². The van der Waals surface area contributed by atoms with Crippen molar-refractivity contribution in [2.75, 3.05) is 6.54 Å². The monoisotopic (exact) mass is 296 g/mol. The van der Waals surface area contributed by atoms with Crippen molar-refractivity contribution in [2.24, 2.45) is 0 Å². The summed E-state index contributed by atoms with van der Waals surface area (Å²) in [5, 5.41) is 13.4. The summed E-state index contributed by atoms with van der Waals surface area (Å²) in [7, 11) is 0. The molecule has 4 heteroatoms. The Bertz CT molecular complexity index is 531. The molecule has 0 aromatic heterocycles. The quantitative estimate of drug-likeness (QED) is 0.875. The first-order valence-corrected chi connectivity index (χ1v) is 6.91. The number of hydrogen-bond donors (Lipinski definition) is 2. The van der Waals surface area contributed by atoms with Crippen LogP contribution in [0.15, 0.2) is 48.5 Å². The van der Waals surface area contributed by atoms with Gasteiger partial charge in [0.05, 0.1) is 5.02 Å². The summed E-state index contributed by atoms with van der Waals surface area (Å²) in [5.74, 6) is 0. The lowest BCUT2D eigenvalue weighted by Gasteiger charge is -2.10. The molecule has 0 amide bonds. The van der Waals surface area contributed by atoms with Gasteiger partial charge in [-0.2, -0.15) is 0 Å². The first-order chi connectivity index (χ1) is 9.16. The predicted molar refractivity (Wildman–Crippen MR) is 78.4 cm³/mol. The van der Waals surface area contributed by atoms with Gasteiger partial charge in [-0.15, -0.1) is 0 Å². The molecule has 3 N–H and O–H groups in total. The Balaban J connectivity index is 1.86. The van der Waals surface area contributed by atoms with E-state index < -0.39 is 6.10 Å². The molecule has 1 atom stereocenters. The second-order valence-electron chi connectivity index (χ2n) is 4.39. The van der Waals surface area contributed by atoms with Crippen LogP contribution in [0, 0.1) is 0 Å². The average molecular weight is 297 g/mol. The maximum atomic E-state index is 10.0. The first kappa shape index (κ1) is 14.4. The minimum atomic E-state index is -0.465. The molecular formula is C15H16Cl2NO+. The summed E-state index contributed by atoms with van der Waals surface area (Å²) in [6, 6.07) is 15.1. The molecule has 0 bridgehead atoms. The lowest BCUT2D eigenvalue weighted by Crippen LogP contribution is -2.83. The Morgan fingerprint density at radius 3 is 2.47 bits per heavy atom. The fourth-order valence-corrected chi connectivity index (χ4v) is 2.38. The maximum absolute atomic E-state index is 10.0. The smallest absolute Gasteiger partial charge is 0.128 e. The molecule has 100 valence electrons. The number of benzene rings is 2. The van der Waals surface area contributed by atoms with Crippen molar-refractivity contribution in [2.45, 2.75) is 12.6 Å². The van der Waals surface area contributed by atoms with Gasteiger partial charge in [0.25, 0.3) is 0 Å². The van der Waals surface area contributed by atoms with Crippen LogP contribution in [-0.2, 0) is 6.54 Å². The van der Waals surface area contributed by atoms with Crippen LogP contribution in [0.2, 0.25) is 10.0 Å². The van der Waals surface area contributed by atoms with E-state index in [9.17, 15) is 5.11 Å². The number of aliphatic hydroxyl groups excluding tert-OH is 1. The lowest BCUT2D eigenvalue weighted by molar-refractivity contribution is -0.677. The zero-order valence-corrected chi connectivity index (χ0v) is 11.9. The van der Waals surface area contributed by atoms with Crippen molar-refractivity contribution in [1.29, 1.82) is 0 Å². The molecule has 0 aliphatic carbocycles. The molecule has 0 spiro atoms. The summed E-state index contributed by atoms with van der Waals surface area (Å²) in [6.07, 6.45) is -0.465. The molecule has 0 aliphatic rings. The van der Waals surface area contributed by atoms with Crippen LogP contribution in [0.25, 0.3) is 0 Å². The number of aliphatic hydroxyl groups is 1. The van der Waals surface area contributed by atoms with E-state index in [1.807, 2.05) is 47.8 Å². The van der Waals surface area contributed by atoms with Crippen molar-refractivity contribution in [3.05, 3.63) is 69.7 Å². The summed E-state index contributed by atoms with van der Waals surface area (Å²) < 4.78 is 0. The van der Waals surface area contributed by atoms with Crippen LogP contribution in [-0.4, -0.2) is 11.7 Å². The second-order valence-corrected chi connectivity index (χ2v) is 5.23. The topological polar surface area (TPSA) is 36.8 Å². The molecule has 2 aromatic carbocycles. The van der Waals surface area contributed by atoms with Crippen molar-refractivity contribution in [3.63, 3.8) is 0 Å². The zero-order valence-electron chi connectivity index (χ0n) is 10.4. The molecule has 2 aromatic rings. The van der Waals surface area contributed by atoms with Crippen LogP contribution in [0.4, 0.5) is 0 Å². The van der Waals surface area contributed by atoms with Crippen LogP contribution in [0.1, 0.15) is 17.2 Å². The van der Waals surface area contributed by atoms with Gasteiger partial charge < -0.3 is 10.4 Å². The molecule has 19 heavy (non-hydrogen) atoms. The Labute approximate surface area is 123 Å². The Kier molecular flexibility index (Phi) is 5.23. The molecule has 0 saturated carbocycles. The van der Waals surface area contributed by atoms with Crippen LogP contribution in [0.3, 0.4) is 0 Å². The number of nitrogens with two attached hydrogens (primary N) is 1. The van der Waals surface area contributed by atoms with E-state index in [-0.39, 0.29) is 0 Å². The standard InChI is InChI=1S/C15H15Cl2NO/c16-13-7-6-12(14(17)8-13)9-18-10-15(19)11-4-2-1-3-5-11/h1-8,15,18-19H,9-10H2/p+1/t15-/m0/s1. The largest absolute Gasteiger partial charge is 0.382 e. The highest BCUT2D eigenvalue weighted by Crippen LogP contribution is 2.20. The third-order valence-electron chi connectivity index (χ3n) is 2.95. The average Bonchev–Trinajstić information content (AvgIpc) is 2.42. The fourth-order valence-electron chi connectivity index (χ4n) is 1.90. The third kappa shape index (κ3) is 4.22. The number of hydrogen-bond acceptors (Lipinski definition) is 1. The molecular weight excluding hydrogens is 281 g/mol. The number of halogens is 2. The Morgan fingerprint density at radius 2 is 1.79 bits per heavy atom. The lowest BCUT2D eigenvalue weighted by atomic mass is 10.1. The fraction of sp³-hybridized carbons (Fsp3) is 0.200. The predicted octanol–water partition coefficient (Wildman–Crippen LogP) is 2.79. The van der Waals surface area contributed by atoms with Crippen LogP contribution >= 0.6 is 23.2 Å². The minimum absolute atomic E-state index is 0.465. The third-order valence-corrected chi connectivity index (χ3v) is 3.54. The molecule has 0 heterocycles. The number of quaternary nitrogens is 1. The highest BCUT2D eigenvalue weighted by Gasteiger charge is 2.09. The van der Waals surface area contributed by atoms with Gasteiger partial charge in [-0.05, 0) is 17.7 Å². The van der Waals surface area contributed by atoms with Gasteiger partial charge >= 0.3 is 0 Å². The van der Waals surface area contributed by atoms with Crippen molar-refractivity contribution in [3.8, 4) is 0 Å². The molecule has 2 nitrogen and oxygen atoms in total. The zero-order chi connectivity index (χ0) is 13.7. The molecule has 0 saturated heterocycles. The first-order valence-electron chi connectivity index (χ1n) is 6.15. The van der Waals surface area contributed by atoms with E-state index in [1.165, 1.54) is 0 Å². The molecule has 2 rings (SSSR count). The van der Waals surface area contributed by atoms with Gasteiger partial charge in [0.2, 0.25) is 0 Å². The molecule has 0 radical (unpaired) electrons. The van der Waals surface area contributed by atoms with E-state index in [2.05, 4.69) is 0 Å². The highest BCUT2D eigenvalue weighted by atomic mass is 35.5. The van der Waals surface area contributed by atoms with Crippen LogP contribution < -0.4 is 5.32 Å². The highest BCUT2D eigenvalue weighted by molar-refractivity contribution is 6.35. The Morgan fingerprint density at radius 1 is 1.05 bits per heavy atom. The van der Waals surface area contributed by atoms with Gasteiger partial charge in [0.15, 0.2) is 0 Å². The van der Waals surface area contributed by atoms with Crippen LogP contribution in [0.5, 0.6) is 0 Å². The van der Waals surface area contributed by atoms with Crippen molar-refractivity contribution in [1.82, 2.24) is 0 Å². The molecule has 0 fully saturated rings. The van der Waals surface area contributed by atoms with Gasteiger partial charge in [0, 0.05) is 10.6 Å². The van der Waals surface area contributed by atoms with E-state index in [0.29, 0.717) is 16.6 Å². The van der Waals surface area contributed by atoms with Crippen molar-refractivity contribution < 1.29 is 10.4 Å². The van der Waals surface area contributed by atoms with Crippen molar-refractivity contribution >= 4 is 23.2 Å². The van der Waals surface area contributed by atoms with Gasteiger partial charge in [-0.1, -0.05) is 59.6 Å². The maximum Gasteiger partial charge on any atom is 0.128 e. The second kappa shape index (κ2) is 6.92. The molecule has 0 unspecified atom stereocenters. The van der Waals surface area contributed by atoms with Gasteiger partial charge in [-0.25, -0.2) is 0 Å². The normalized spacial score (nSPS) is 12.4. The minimum Gasteiger partial charge on any atom is -0.382 e.